The number of amides is 1. The number of methoxy groups -OCH3 is 1. The molecule has 5 heteroatoms. The molecule has 1 atom stereocenters. The average molecular weight is 285 g/mol. The summed E-state index contributed by atoms with van der Waals surface area (Å²) in [7, 11) is 1.57. The maximum Gasteiger partial charge on any atom is 0.254 e. The van der Waals surface area contributed by atoms with Crippen molar-refractivity contribution in [1.29, 1.82) is 0 Å². The smallest absolute Gasteiger partial charge is 0.254 e. The minimum Gasteiger partial charge on any atom is -0.497 e. The van der Waals surface area contributed by atoms with Gasteiger partial charge < -0.3 is 20.4 Å². The quantitative estimate of drug-likeness (QED) is 0.851. The Kier molecular flexibility index (Phi) is 3.56. The van der Waals surface area contributed by atoms with Crippen LogP contribution in [0.15, 0.2) is 36.5 Å². The van der Waals surface area contributed by atoms with Crippen LogP contribution in [-0.4, -0.2) is 29.4 Å². The van der Waals surface area contributed by atoms with Crippen LogP contribution in [0.4, 0.5) is 5.69 Å². The number of anilines is 1. The number of aromatic nitrogens is 1. The second-order valence-corrected chi connectivity index (χ2v) is 5.28. The van der Waals surface area contributed by atoms with Gasteiger partial charge in [0.15, 0.2) is 0 Å². The van der Waals surface area contributed by atoms with E-state index in [1.54, 1.807) is 25.3 Å². The van der Waals surface area contributed by atoms with Gasteiger partial charge in [-0.3, -0.25) is 4.79 Å². The molecule has 1 aliphatic rings. The maximum atomic E-state index is 12.8. The van der Waals surface area contributed by atoms with Crippen LogP contribution in [0.25, 0.3) is 0 Å². The van der Waals surface area contributed by atoms with Gasteiger partial charge in [-0.2, -0.15) is 0 Å². The molecule has 0 spiro atoms. The average Bonchev–Trinajstić information content (AvgIpc) is 3.16. The largest absolute Gasteiger partial charge is 0.497 e. The number of nitrogens with two attached hydrogens (primary N) is 1. The third kappa shape index (κ3) is 2.59. The van der Waals surface area contributed by atoms with Gasteiger partial charge in [0.05, 0.1) is 13.2 Å². The number of aromatic amines is 1. The lowest BCUT2D eigenvalue weighted by Crippen LogP contribution is -2.30. The van der Waals surface area contributed by atoms with Gasteiger partial charge in [0, 0.05) is 35.8 Å². The second kappa shape index (κ2) is 5.52. The van der Waals surface area contributed by atoms with Gasteiger partial charge in [0.1, 0.15) is 5.75 Å². The number of ether oxygens (including phenoxy) is 1. The fourth-order valence-corrected chi connectivity index (χ4v) is 2.91. The lowest BCUT2D eigenvalue weighted by atomic mass is 10.1. The van der Waals surface area contributed by atoms with E-state index in [0.29, 0.717) is 17.0 Å². The van der Waals surface area contributed by atoms with Gasteiger partial charge in [0.25, 0.3) is 5.91 Å². The zero-order valence-corrected chi connectivity index (χ0v) is 12.0. The van der Waals surface area contributed by atoms with Crippen LogP contribution in [0.2, 0.25) is 0 Å². The highest BCUT2D eigenvalue weighted by molar-refractivity contribution is 5.96. The predicted molar refractivity (Wildman–Crippen MR) is 81.2 cm³/mol. The molecule has 5 nitrogen and oxygen atoms in total. The molecule has 0 saturated carbocycles. The first-order chi connectivity index (χ1) is 10.2. The molecular weight excluding hydrogens is 266 g/mol. The molecule has 3 N–H and O–H groups in total. The lowest BCUT2D eigenvalue weighted by molar-refractivity contribution is 0.0733. The standard InChI is InChI=1S/C16H19N3O2/c1-21-13-9-11(8-12(17)10-13)16(20)19-7-3-5-15(19)14-4-2-6-18-14/h2,4,6,8-10,15,18H,3,5,7,17H2,1H3. The van der Waals surface area contributed by atoms with Crippen molar-refractivity contribution >= 4 is 11.6 Å². The number of nitrogens with zero attached hydrogens (tertiary/aromatic N) is 1. The number of H-pyrrole nitrogens is 1. The molecular formula is C16H19N3O2. The van der Waals surface area contributed by atoms with E-state index >= 15 is 0 Å². The summed E-state index contributed by atoms with van der Waals surface area (Å²) in [4.78, 5) is 17.9. The number of hydrogen-bond donors (Lipinski definition) is 2. The van der Waals surface area contributed by atoms with E-state index in [2.05, 4.69) is 4.98 Å². The fraction of sp³-hybridized carbons (Fsp3) is 0.312. The number of nitrogens with one attached hydrogen (secondary N) is 1. The fourth-order valence-electron chi connectivity index (χ4n) is 2.91. The molecule has 1 amide bonds. The third-order valence-corrected chi connectivity index (χ3v) is 3.91. The molecule has 1 saturated heterocycles. The van der Waals surface area contributed by atoms with Crippen LogP contribution < -0.4 is 10.5 Å². The van der Waals surface area contributed by atoms with Crippen molar-refractivity contribution in [3.63, 3.8) is 0 Å². The summed E-state index contributed by atoms with van der Waals surface area (Å²) in [5, 5.41) is 0. The SMILES string of the molecule is COc1cc(N)cc(C(=O)N2CCCC2c2ccc[nH]2)c1. The first-order valence-corrected chi connectivity index (χ1v) is 7.08. The highest BCUT2D eigenvalue weighted by atomic mass is 16.5. The zero-order valence-electron chi connectivity index (χ0n) is 12.0. The Bertz CT molecular complexity index is 637. The lowest BCUT2D eigenvalue weighted by Gasteiger charge is -2.24. The van der Waals surface area contributed by atoms with E-state index in [4.69, 9.17) is 10.5 Å². The first kappa shape index (κ1) is 13.5. The summed E-state index contributed by atoms with van der Waals surface area (Å²) in [6.45, 7) is 0.764. The Labute approximate surface area is 123 Å². The Morgan fingerprint density at radius 1 is 1.43 bits per heavy atom. The van der Waals surface area contributed by atoms with Crippen molar-refractivity contribution in [2.24, 2.45) is 0 Å². The van der Waals surface area contributed by atoms with Crippen molar-refractivity contribution in [2.45, 2.75) is 18.9 Å². The zero-order chi connectivity index (χ0) is 14.8. The summed E-state index contributed by atoms with van der Waals surface area (Å²) in [5.41, 5.74) is 8.03. The number of carbonyl (C=O) groups excluding carboxylic acids is 1. The van der Waals surface area contributed by atoms with Gasteiger partial charge >= 0.3 is 0 Å². The summed E-state index contributed by atoms with van der Waals surface area (Å²) in [6, 6.07) is 9.25. The molecule has 0 bridgehead atoms. The molecule has 2 heterocycles. The van der Waals surface area contributed by atoms with E-state index in [1.165, 1.54) is 0 Å². The van der Waals surface area contributed by atoms with Crippen molar-refractivity contribution in [2.75, 3.05) is 19.4 Å². The van der Waals surface area contributed by atoms with E-state index < -0.39 is 0 Å². The summed E-state index contributed by atoms with van der Waals surface area (Å²) < 4.78 is 5.19. The summed E-state index contributed by atoms with van der Waals surface area (Å²) in [5.74, 6) is 0.603. The molecule has 3 rings (SSSR count). The Hall–Kier alpha value is -2.43. The Morgan fingerprint density at radius 2 is 2.29 bits per heavy atom. The first-order valence-electron chi connectivity index (χ1n) is 7.08. The van der Waals surface area contributed by atoms with Crippen LogP contribution in [0.5, 0.6) is 5.75 Å². The van der Waals surface area contributed by atoms with Crippen LogP contribution in [0.1, 0.15) is 34.9 Å². The summed E-state index contributed by atoms with van der Waals surface area (Å²) >= 11 is 0. The number of carbonyl (C=O) groups is 1. The minimum absolute atomic E-state index is 0.00213. The molecule has 1 fully saturated rings. The van der Waals surface area contributed by atoms with E-state index in [-0.39, 0.29) is 11.9 Å². The molecule has 2 aromatic rings. The maximum absolute atomic E-state index is 12.8. The molecule has 21 heavy (non-hydrogen) atoms. The summed E-state index contributed by atoms with van der Waals surface area (Å²) in [6.07, 6.45) is 3.88. The Balaban J connectivity index is 1.89. The van der Waals surface area contributed by atoms with Gasteiger partial charge in [-0.25, -0.2) is 0 Å². The molecule has 1 aromatic carbocycles. The molecule has 1 unspecified atom stereocenters. The van der Waals surface area contributed by atoms with E-state index in [0.717, 1.165) is 25.1 Å². The highest BCUT2D eigenvalue weighted by Gasteiger charge is 2.31. The monoisotopic (exact) mass is 285 g/mol. The van der Waals surface area contributed by atoms with Gasteiger partial charge in [0.2, 0.25) is 0 Å². The third-order valence-electron chi connectivity index (χ3n) is 3.91. The van der Waals surface area contributed by atoms with E-state index in [1.807, 2.05) is 23.2 Å². The number of likely N-dealkylation sites (tertiary alicyclic amines) is 1. The van der Waals surface area contributed by atoms with Gasteiger partial charge in [-0.05, 0) is 37.1 Å². The van der Waals surface area contributed by atoms with Crippen molar-refractivity contribution in [1.82, 2.24) is 9.88 Å². The van der Waals surface area contributed by atoms with Crippen LogP contribution in [0, 0.1) is 0 Å². The molecule has 110 valence electrons. The van der Waals surface area contributed by atoms with Crippen molar-refractivity contribution in [3.8, 4) is 5.75 Å². The molecule has 1 aromatic heterocycles. The van der Waals surface area contributed by atoms with Crippen LogP contribution >= 0.6 is 0 Å². The Morgan fingerprint density at radius 3 is 3.00 bits per heavy atom. The van der Waals surface area contributed by atoms with Crippen LogP contribution in [-0.2, 0) is 0 Å². The second-order valence-electron chi connectivity index (χ2n) is 5.28. The number of rotatable bonds is 3. The van der Waals surface area contributed by atoms with Gasteiger partial charge in [-0.1, -0.05) is 0 Å². The normalized spacial score (nSPS) is 18.0. The van der Waals surface area contributed by atoms with Crippen molar-refractivity contribution < 1.29 is 9.53 Å². The molecule has 1 aliphatic heterocycles. The van der Waals surface area contributed by atoms with E-state index in [9.17, 15) is 4.79 Å². The number of nitrogen functional groups attached to an aromatic ring is 1. The van der Waals surface area contributed by atoms with Gasteiger partial charge in [-0.15, -0.1) is 0 Å². The topological polar surface area (TPSA) is 71.3 Å². The van der Waals surface area contributed by atoms with Crippen LogP contribution in [0.3, 0.4) is 0 Å². The number of hydrogen-bond acceptors (Lipinski definition) is 3. The van der Waals surface area contributed by atoms with Crippen molar-refractivity contribution in [3.05, 3.63) is 47.8 Å². The highest BCUT2D eigenvalue weighted by Crippen LogP contribution is 2.33. The molecule has 0 radical (unpaired) electrons. The number of benzene rings is 1. The molecule has 0 aliphatic carbocycles. The predicted octanol–water partition coefficient (Wildman–Crippen LogP) is 2.58. The minimum atomic E-state index is -0.00213.